The molecule has 1 aromatic heterocycles. The molecule has 6 heteroatoms. The van der Waals surface area contributed by atoms with Crippen LogP contribution in [0.2, 0.25) is 0 Å². The number of oxazole rings is 1. The Hall–Kier alpha value is -3.54. The topological polar surface area (TPSA) is 98.6 Å². The highest BCUT2D eigenvalue weighted by Crippen LogP contribution is 2.32. The number of nitrogens with zero attached hydrogens (tertiary/aromatic N) is 1. The lowest BCUT2D eigenvalue weighted by Crippen LogP contribution is -1.99. The summed E-state index contributed by atoms with van der Waals surface area (Å²) in [5.41, 5.74) is 8.83. The van der Waals surface area contributed by atoms with E-state index in [2.05, 4.69) is 4.98 Å². The second kappa shape index (κ2) is 8.22. The summed E-state index contributed by atoms with van der Waals surface area (Å²) in [7, 11) is 0. The summed E-state index contributed by atoms with van der Waals surface area (Å²) < 4.78 is 11.8. The number of fused-ring (bicyclic) bond motifs is 2. The number of benzene rings is 3. The van der Waals surface area contributed by atoms with E-state index in [1.165, 1.54) is 0 Å². The number of rotatable bonds is 8. The monoisotopic (exact) mass is 390 g/mol. The van der Waals surface area contributed by atoms with Gasteiger partial charge in [-0.1, -0.05) is 12.1 Å². The van der Waals surface area contributed by atoms with Crippen molar-refractivity contribution >= 4 is 33.5 Å². The molecule has 6 nitrogen and oxygen atoms in total. The number of carboxylic acid groups (broad SMARTS) is 1. The van der Waals surface area contributed by atoms with Crippen molar-refractivity contribution in [3.8, 4) is 17.2 Å². The van der Waals surface area contributed by atoms with Crippen LogP contribution in [0.15, 0.2) is 59.0 Å². The maximum absolute atomic E-state index is 10.5. The van der Waals surface area contributed by atoms with Crippen molar-refractivity contribution in [1.29, 1.82) is 0 Å². The molecule has 4 rings (SSSR count). The van der Waals surface area contributed by atoms with Gasteiger partial charge in [0.25, 0.3) is 0 Å². The highest BCUT2D eigenvalue weighted by atomic mass is 16.5. The fourth-order valence-electron chi connectivity index (χ4n) is 3.34. The lowest BCUT2D eigenvalue weighted by Gasteiger charge is -2.08. The average Bonchev–Trinajstić information content (AvgIpc) is 3.12. The zero-order valence-electron chi connectivity index (χ0n) is 15.9. The Kier molecular flexibility index (Phi) is 5.33. The van der Waals surface area contributed by atoms with Gasteiger partial charge in [-0.3, -0.25) is 4.79 Å². The first kappa shape index (κ1) is 18.8. The summed E-state index contributed by atoms with van der Waals surface area (Å²) in [5.74, 6) is 0.597. The van der Waals surface area contributed by atoms with Crippen LogP contribution in [0.3, 0.4) is 0 Å². The van der Waals surface area contributed by atoms with E-state index in [4.69, 9.17) is 20.0 Å². The first-order valence-corrected chi connectivity index (χ1v) is 9.64. The van der Waals surface area contributed by atoms with Crippen LogP contribution in [-0.4, -0.2) is 22.7 Å². The summed E-state index contributed by atoms with van der Waals surface area (Å²) in [6, 6.07) is 17.4. The smallest absolute Gasteiger partial charge is 0.303 e. The van der Waals surface area contributed by atoms with E-state index < -0.39 is 5.97 Å². The Bertz CT molecular complexity index is 1170. The first-order chi connectivity index (χ1) is 14.1. The van der Waals surface area contributed by atoms with Gasteiger partial charge in [-0.2, -0.15) is 0 Å². The fraction of sp³-hybridized carbons (Fsp3) is 0.217. The number of anilines is 1. The highest BCUT2D eigenvalue weighted by molar-refractivity contribution is 5.96. The van der Waals surface area contributed by atoms with Gasteiger partial charge in [-0.25, -0.2) is 4.98 Å². The number of ether oxygens (including phenoxy) is 1. The first-order valence-electron chi connectivity index (χ1n) is 9.64. The molecular formula is C23H22N2O4. The molecule has 29 heavy (non-hydrogen) atoms. The number of aromatic nitrogens is 1. The molecule has 0 aliphatic rings. The lowest BCUT2D eigenvalue weighted by atomic mass is 10.0. The van der Waals surface area contributed by atoms with Crippen molar-refractivity contribution in [1.82, 2.24) is 4.98 Å². The maximum atomic E-state index is 10.5. The third-order valence-corrected chi connectivity index (χ3v) is 4.80. The van der Waals surface area contributed by atoms with Gasteiger partial charge in [-0.15, -0.1) is 0 Å². The predicted octanol–water partition coefficient (Wildman–Crippen LogP) is 5.25. The average molecular weight is 390 g/mol. The minimum absolute atomic E-state index is 0.209. The number of unbranched alkanes of at least 4 members (excludes halogenated alkanes) is 2. The van der Waals surface area contributed by atoms with E-state index in [1.54, 1.807) is 6.07 Å². The molecular weight excluding hydrogens is 368 g/mol. The number of nitrogen functional groups attached to an aromatic ring is 1. The van der Waals surface area contributed by atoms with E-state index in [1.807, 2.05) is 48.5 Å². The third kappa shape index (κ3) is 4.32. The van der Waals surface area contributed by atoms with Crippen LogP contribution in [0.25, 0.3) is 33.3 Å². The predicted molar refractivity (Wildman–Crippen MR) is 113 cm³/mol. The van der Waals surface area contributed by atoms with Crippen molar-refractivity contribution in [2.45, 2.75) is 25.7 Å². The summed E-state index contributed by atoms with van der Waals surface area (Å²) in [5, 5.41) is 10.7. The van der Waals surface area contributed by atoms with E-state index in [0.717, 1.165) is 40.4 Å². The van der Waals surface area contributed by atoms with Crippen LogP contribution in [0, 0.1) is 0 Å². The summed E-state index contributed by atoms with van der Waals surface area (Å²) in [6.45, 7) is 0.567. The third-order valence-electron chi connectivity index (χ3n) is 4.80. The molecule has 0 spiro atoms. The summed E-state index contributed by atoms with van der Waals surface area (Å²) >= 11 is 0. The number of carboxylic acids is 1. The molecule has 4 aromatic rings. The molecule has 0 saturated carbocycles. The molecule has 0 atom stereocenters. The number of aliphatic carboxylic acids is 1. The molecule has 148 valence electrons. The van der Waals surface area contributed by atoms with E-state index in [0.29, 0.717) is 30.2 Å². The Balaban J connectivity index is 1.51. The number of nitrogens with two attached hydrogens (primary N) is 1. The van der Waals surface area contributed by atoms with Crippen molar-refractivity contribution < 1.29 is 19.1 Å². The molecule has 1 heterocycles. The molecule has 0 aliphatic carbocycles. The Morgan fingerprint density at radius 1 is 1.07 bits per heavy atom. The molecule has 3 N–H and O–H groups in total. The van der Waals surface area contributed by atoms with Gasteiger partial charge in [0.2, 0.25) is 5.89 Å². The van der Waals surface area contributed by atoms with E-state index in [9.17, 15) is 4.79 Å². The van der Waals surface area contributed by atoms with Crippen molar-refractivity contribution in [3.63, 3.8) is 0 Å². The van der Waals surface area contributed by atoms with E-state index in [-0.39, 0.29) is 6.42 Å². The number of hydrogen-bond donors (Lipinski definition) is 2. The molecule has 0 saturated heterocycles. The van der Waals surface area contributed by atoms with Gasteiger partial charge in [0.1, 0.15) is 11.3 Å². The normalized spacial score (nSPS) is 11.2. The Morgan fingerprint density at radius 3 is 2.83 bits per heavy atom. The second-order valence-electron chi connectivity index (χ2n) is 6.99. The number of hydrogen-bond acceptors (Lipinski definition) is 5. The lowest BCUT2D eigenvalue weighted by molar-refractivity contribution is -0.137. The number of carbonyl (C=O) groups is 1. The van der Waals surface area contributed by atoms with Gasteiger partial charge in [0, 0.05) is 23.7 Å². The fourth-order valence-corrected chi connectivity index (χ4v) is 3.34. The molecule has 3 aromatic carbocycles. The largest absolute Gasteiger partial charge is 0.494 e. The van der Waals surface area contributed by atoms with Gasteiger partial charge in [-0.05, 0) is 66.4 Å². The zero-order valence-corrected chi connectivity index (χ0v) is 15.9. The Labute approximate surface area is 167 Å². The second-order valence-corrected chi connectivity index (χ2v) is 6.99. The van der Waals surface area contributed by atoms with Crippen LogP contribution in [0.4, 0.5) is 5.69 Å². The highest BCUT2D eigenvalue weighted by Gasteiger charge is 2.12. The maximum Gasteiger partial charge on any atom is 0.303 e. The quantitative estimate of drug-likeness (QED) is 0.315. The molecule has 0 bridgehead atoms. The van der Waals surface area contributed by atoms with Crippen LogP contribution in [0.1, 0.15) is 25.7 Å². The molecule has 0 fully saturated rings. The van der Waals surface area contributed by atoms with Gasteiger partial charge in [0.05, 0.1) is 6.61 Å². The molecule has 0 unspecified atom stereocenters. The molecule has 0 radical (unpaired) electrons. The van der Waals surface area contributed by atoms with Crippen LogP contribution in [-0.2, 0) is 4.79 Å². The van der Waals surface area contributed by atoms with Gasteiger partial charge < -0.3 is 20.0 Å². The SMILES string of the molecule is Nc1ccc2nc(-c3cccc4cc(OCCCCCC(=O)O)ccc34)oc2c1. The summed E-state index contributed by atoms with van der Waals surface area (Å²) in [6.07, 6.45) is 2.56. The van der Waals surface area contributed by atoms with Crippen LogP contribution < -0.4 is 10.5 Å². The minimum atomic E-state index is -0.751. The van der Waals surface area contributed by atoms with Crippen molar-refractivity contribution in [3.05, 3.63) is 54.6 Å². The van der Waals surface area contributed by atoms with E-state index >= 15 is 0 Å². The molecule has 0 amide bonds. The van der Waals surface area contributed by atoms with Crippen molar-refractivity contribution in [2.75, 3.05) is 12.3 Å². The minimum Gasteiger partial charge on any atom is -0.494 e. The Morgan fingerprint density at radius 2 is 1.97 bits per heavy atom. The van der Waals surface area contributed by atoms with Crippen molar-refractivity contribution in [2.24, 2.45) is 0 Å². The van der Waals surface area contributed by atoms with Gasteiger partial charge in [0.15, 0.2) is 5.58 Å². The summed E-state index contributed by atoms with van der Waals surface area (Å²) in [4.78, 5) is 15.1. The van der Waals surface area contributed by atoms with Crippen LogP contribution in [0.5, 0.6) is 5.75 Å². The zero-order chi connectivity index (χ0) is 20.2. The molecule has 0 aliphatic heterocycles. The van der Waals surface area contributed by atoms with Crippen LogP contribution >= 0.6 is 0 Å². The standard InChI is InChI=1S/C23H22N2O4/c24-16-8-11-20-21(14-16)29-23(25-20)19-6-4-5-15-13-17(9-10-18(15)19)28-12-3-1-2-7-22(26)27/h4-6,8-11,13-14H,1-3,7,12,24H2,(H,26,27). The van der Waals surface area contributed by atoms with Gasteiger partial charge >= 0.3 is 5.97 Å².